The van der Waals surface area contributed by atoms with E-state index in [1.807, 2.05) is 0 Å². The number of hydrogen-bond acceptors (Lipinski definition) is 1. The number of rotatable bonds is 1. The van der Waals surface area contributed by atoms with Gasteiger partial charge in [-0.15, -0.1) is 0 Å². The van der Waals surface area contributed by atoms with Crippen molar-refractivity contribution in [3.05, 3.63) is 0 Å². The Kier molecular flexibility index (Phi) is 5.58. The van der Waals surface area contributed by atoms with Gasteiger partial charge < -0.3 is 0 Å². The van der Waals surface area contributed by atoms with Gasteiger partial charge in [-0.05, 0) is 16.0 Å². The molecule has 0 radical (unpaired) electrons. The van der Waals surface area contributed by atoms with Gasteiger partial charge in [-0.2, -0.15) is 0 Å². The van der Waals surface area contributed by atoms with E-state index in [9.17, 15) is 0 Å². The SMILES string of the molecule is C=PSI. The molecule has 0 aliphatic heterocycles. The highest BCUT2D eigenvalue weighted by Gasteiger charge is 1.49. The second-order valence-electron chi connectivity index (χ2n) is 0.198. The van der Waals surface area contributed by atoms with Gasteiger partial charge in [-0.3, -0.25) is 0 Å². The highest BCUT2D eigenvalue weighted by atomic mass is 127. The van der Waals surface area contributed by atoms with Gasteiger partial charge >= 0.3 is 0 Å². The molecule has 3 heteroatoms. The van der Waals surface area contributed by atoms with Crippen molar-refractivity contribution in [3.63, 3.8) is 0 Å². The minimum absolute atomic E-state index is 1.15. The van der Waals surface area contributed by atoms with Crippen LogP contribution in [-0.2, 0) is 0 Å². The molecule has 0 fully saturated rings. The van der Waals surface area contributed by atoms with E-state index in [1.165, 1.54) is 0 Å². The summed E-state index contributed by atoms with van der Waals surface area (Å²) in [4.78, 5) is 0. The molecule has 0 saturated heterocycles. The van der Waals surface area contributed by atoms with E-state index in [0.29, 0.717) is 0 Å². The van der Waals surface area contributed by atoms with Crippen molar-refractivity contribution in [1.29, 1.82) is 0 Å². The lowest BCUT2D eigenvalue weighted by molar-refractivity contribution is 4.73. The highest BCUT2D eigenvalue weighted by Crippen LogP contribution is 2.24. The zero-order valence-electron chi connectivity index (χ0n) is 1.94. The fourth-order valence-electron chi connectivity index (χ4n) is 0. The highest BCUT2D eigenvalue weighted by molar-refractivity contribution is 14.2. The van der Waals surface area contributed by atoms with Crippen LogP contribution in [0.5, 0.6) is 0 Å². The fourth-order valence-corrected chi connectivity index (χ4v) is 0. The summed E-state index contributed by atoms with van der Waals surface area (Å²) in [5, 5.41) is 0. The summed E-state index contributed by atoms with van der Waals surface area (Å²) in [7, 11) is 2.84. The normalized spacial score (nSPS) is 8.25. The first-order chi connectivity index (χ1) is 1.91. The number of hydrogen-bond donors (Lipinski definition) is 0. The van der Waals surface area contributed by atoms with Gasteiger partial charge in [0, 0.05) is 21.2 Å². The van der Waals surface area contributed by atoms with E-state index in [0.717, 1.165) is 7.41 Å². The number of halogens is 1. The molecule has 0 heterocycles. The van der Waals surface area contributed by atoms with Gasteiger partial charge in [-0.25, -0.2) is 0 Å². The molecule has 0 amide bonds. The van der Waals surface area contributed by atoms with E-state index in [-0.39, 0.29) is 0 Å². The molecule has 0 rings (SSSR count). The standard InChI is InChI=1S/CH2IPS/c1-3-4-2/h1H2. The maximum Gasteiger partial charge on any atom is 0.00602 e. The van der Waals surface area contributed by atoms with Crippen molar-refractivity contribution < 1.29 is 0 Å². The van der Waals surface area contributed by atoms with Gasteiger partial charge in [0.15, 0.2) is 0 Å². The van der Waals surface area contributed by atoms with Gasteiger partial charge in [0.25, 0.3) is 0 Å². The lowest BCUT2D eigenvalue weighted by Gasteiger charge is -1.54. The maximum absolute atomic E-state index is 3.53. The predicted octanol–water partition coefficient (Wildman–Crippen LogP) is 2.36. The third-order valence-electron chi connectivity index (χ3n) is 0.0488. The van der Waals surface area contributed by atoms with Crippen LogP contribution < -0.4 is 0 Å². The zero-order valence-corrected chi connectivity index (χ0v) is 5.81. The van der Waals surface area contributed by atoms with Crippen molar-refractivity contribution in [2.45, 2.75) is 0 Å². The molecule has 0 aromatic heterocycles. The second-order valence-corrected chi connectivity index (χ2v) is 5.33. The van der Waals surface area contributed by atoms with Crippen molar-refractivity contribution in [2.75, 3.05) is 0 Å². The van der Waals surface area contributed by atoms with Crippen LogP contribution in [0.1, 0.15) is 0 Å². The molecular weight excluding hydrogens is 202 g/mol. The summed E-state index contributed by atoms with van der Waals surface area (Å²) in [6, 6.07) is 0. The molecule has 0 aliphatic carbocycles. The molecule has 0 aromatic carbocycles. The van der Waals surface area contributed by atoms with Crippen LogP contribution in [0.15, 0.2) is 0 Å². The van der Waals surface area contributed by atoms with Crippen molar-refractivity contribution in [1.82, 2.24) is 0 Å². The summed E-state index contributed by atoms with van der Waals surface area (Å²) >= 11 is 2.19. The third-order valence-corrected chi connectivity index (χ3v) is 2.95. The quantitative estimate of drug-likeness (QED) is 0.466. The third kappa shape index (κ3) is 3.25. The molecule has 4 heavy (non-hydrogen) atoms. The predicted molar refractivity (Wildman–Crippen MR) is 35.7 cm³/mol. The Morgan fingerprint density at radius 3 is 2.25 bits per heavy atom. The van der Waals surface area contributed by atoms with Crippen LogP contribution in [-0.4, -0.2) is 6.30 Å². The molecule has 0 N–H and O–H groups in total. The Balaban J connectivity index is 2.30. The van der Waals surface area contributed by atoms with Gasteiger partial charge in [-0.1, -0.05) is 6.30 Å². The topological polar surface area (TPSA) is 0 Å². The van der Waals surface area contributed by atoms with Gasteiger partial charge in [0.1, 0.15) is 0 Å². The second kappa shape index (κ2) is 4.25. The molecule has 0 aromatic rings. The van der Waals surface area contributed by atoms with Crippen molar-refractivity contribution in [3.8, 4) is 0 Å². The molecule has 0 spiro atoms. The van der Waals surface area contributed by atoms with E-state index < -0.39 is 0 Å². The minimum Gasteiger partial charge on any atom is -0.0641 e. The molecule has 0 nitrogen and oxygen atoms in total. The average Bonchev–Trinajstić information content (AvgIpc) is 1.37. The lowest BCUT2D eigenvalue weighted by atomic mass is 12.0. The van der Waals surface area contributed by atoms with Crippen LogP contribution in [0.3, 0.4) is 0 Å². The van der Waals surface area contributed by atoms with E-state index in [4.69, 9.17) is 0 Å². The average molecular weight is 204 g/mol. The molecular formula is CH2IPS. The first-order valence-electron chi connectivity index (χ1n) is 0.653. The molecule has 0 saturated carbocycles. The summed E-state index contributed by atoms with van der Waals surface area (Å²) in [5.41, 5.74) is 0. The van der Waals surface area contributed by atoms with Crippen molar-refractivity contribution in [2.24, 2.45) is 0 Å². The molecule has 0 bridgehead atoms. The molecule has 0 aliphatic rings. The van der Waals surface area contributed by atoms with Gasteiger partial charge in [0.05, 0.1) is 0 Å². The maximum atomic E-state index is 3.53. The first-order valence-corrected chi connectivity index (χ1v) is 5.70. The monoisotopic (exact) mass is 204 g/mol. The Labute approximate surface area is 43.5 Å². The first kappa shape index (κ1) is 5.25. The summed E-state index contributed by atoms with van der Waals surface area (Å²) in [6.07, 6.45) is 3.53. The van der Waals surface area contributed by atoms with Crippen LogP contribution in [0.2, 0.25) is 0 Å². The summed E-state index contributed by atoms with van der Waals surface area (Å²) < 4.78 is 0. The Morgan fingerprint density at radius 2 is 2.25 bits per heavy atom. The van der Waals surface area contributed by atoms with Gasteiger partial charge in [0.2, 0.25) is 0 Å². The van der Waals surface area contributed by atoms with E-state index >= 15 is 0 Å². The molecule has 24 valence electrons. The minimum atomic E-state index is 1.15. The summed E-state index contributed by atoms with van der Waals surface area (Å²) in [5.74, 6) is 0. The Bertz CT molecular complexity index is 22.0. The van der Waals surface area contributed by atoms with Crippen LogP contribution in [0.25, 0.3) is 0 Å². The van der Waals surface area contributed by atoms with Crippen LogP contribution in [0.4, 0.5) is 0 Å². The molecule has 0 unspecified atom stereocenters. The van der Waals surface area contributed by atoms with E-state index in [1.54, 1.807) is 8.55 Å². The van der Waals surface area contributed by atoms with Crippen molar-refractivity contribution >= 4 is 43.5 Å². The van der Waals surface area contributed by atoms with Crippen LogP contribution in [0, 0.1) is 0 Å². The largest absolute Gasteiger partial charge is 0.0641 e. The smallest absolute Gasteiger partial charge is 0.00602 e. The fraction of sp³-hybridized carbons (Fsp3) is 0. The van der Waals surface area contributed by atoms with Crippen LogP contribution >= 0.6 is 37.2 Å². The van der Waals surface area contributed by atoms with E-state index in [2.05, 4.69) is 27.5 Å². The summed E-state index contributed by atoms with van der Waals surface area (Å²) in [6.45, 7) is 0. The lowest BCUT2D eigenvalue weighted by Crippen LogP contribution is -0.915. The Hall–Kier alpha value is 1.25. The Morgan fingerprint density at radius 1 is 2.00 bits per heavy atom. The molecule has 0 atom stereocenters. The zero-order chi connectivity index (χ0) is 3.41.